The van der Waals surface area contributed by atoms with E-state index in [1.165, 1.54) is 11.1 Å². The Morgan fingerprint density at radius 2 is 1.19 bits per heavy atom. The molecule has 0 saturated carbocycles. The molecule has 2 heterocycles. The van der Waals surface area contributed by atoms with Gasteiger partial charge in [0.15, 0.2) is 5.78 Å². The first-order valence-electron chi connectivity index (χ1n) is 24.6. The molecule has 2 fully saturated rings. The molecule has 0 spiro atoms. The second-order valence-corrected chi connectivity index (χ2v) is 18.9. The Bertz CT molecular complexity index is 2360. The van der Waals surface area contributed by atoms with Gasteiger partial charge < -0.3 is 41.1 Å². The summed E-state index contributed by atoms with van der Waals surface area (Å²) in [7, 11) is 3.37. The summed E-state index contributed by atoms with van der Waals surface area (Å²) in [6.07, 6.45) is 7.17. The number of likely N-dealkylation sites (N-methyl/N-ethyl adjacent to an activating group) is 2. The normalized spacial score (nSPS) is 22.0. The van der Waals surface area contributed by atoms with Crippen molar-refractivity contribution >= 4 is 35.3 Å². The SMILES string of the molecule is CN[C@@H](C)C(=O)C[C@H](C(=O)N1CCC[C@H]1C(=O)N[C@@H]1CCCc2ccccc21)c1ccc(C#CCOC(C)[C@H](NC(=O)[C@H](C)NC)C(=O)N2CCC[C@H]2C(=O)N[C@@H]2CCCc3ccccc32)cc1. The number of rotatable bonds is 17. The molecule has 9 atom stereocenters. The monoisotopic (exact) mass is 928 g/mol. The van der Waals surface area contributed by atoms with E-state index in [0.29, 0.717) is 49.9 Å². The molecule has 5 N–H and O–H groups in total. The number of Topliss-reactive ketones (excluding diaryl/α,β-unsaturated/α-hetero) is 1. The minimum Gasteiger partial charge on any atom is -0.363 e. The van der Waals surface area contributed by atoms with Crippen LogP contribution >= 0.6 is 0 Å². The van der Waals surface area contributed by atoms with Gasteiger partial charge in [0.1, 0.15) is 24.7 Å². The number of likely N-dealkylation sites (tertiary alicyclic amines) is 2. The predicted octanol–water partition coefficient (Wildman–Crippen LogP) is 4.56. The number of hydrogen-bond donors (Lipinski definition) is 5. The van der Waals surface area contributed by atoms with Gasteiger partial charge in [-0.1, -0.05) is 72.5 Å². The van der Waals surface area contributed by atoms with Crippen LogP contribution < -0.4 is 26.6 Å². The molecule has 4 aliphatic rings. The summed E-state index contributed by atoms with van der Waals surface area (Å²) in [5.41, 5.74) is 6.03. The van der Waals surface area contributed by atoms with Crippen LogP contribution in [0.25, 0.3) is 0 Å². The summed E-state index contributed by atoms with van der Waals surface area (Å²) in [6, 6.07) is 19.9. The lowest BCUT2D eigenvalue weighted by atomic mass is 9.87. The van der Waals surface area contributed by atoms with Gasteiger partial charge in [-0.2, -0.15) is 0 Å². The third-order valence-electron chi connectivity index (χ3n) is 14.5. The van der Waals surface area contributed by atoms with E-state index in [0.717, 1.165) is 49.7 Å². The first kappa shape index (κ1) is 50.0. The summed E-state index contributed by atoms with van der Waals surface area (Å²) < 4.78 is 6.12. The second-order valence-electron chi connectivity index (χ2n) is 18.9. The van der Waals surface area contributed by atoms with Crippen molar-refractivity contribution < 1.29 is 33.5 Å². The van der Waals surface area contributed by atoms with E-state index in [-0.39, 0.29) is 60.4 Å². The van der Waals surface area contributed by atoms with Crippen molar-refractivity contribution in [2.45, 2.75) is 146 Å². The van der Waals surface area contributed by atoms with Crippen LogP contribution in [0, 0.1) is 11.8 Å². The van der Waals surface area contributed by atoms with Gasteiger partial charge in [0.05, 0.1) is 36.2 Å². The zero-order chi connectivity index (χ0) is 48.3. The maximum absolute atomic E-state index is 14.5. The average molecular weight is 928 g/mol. The highest BCUT2D eigenvalue weighted by molar-refractivity contribution is 5.96. The Hall–Kier alpha value is -5.88. The minimum atomic E-state index is -1.07. The lowest BCUT2D eigenvalue weighted by molar-refractivity contribution is -0.145. The van der Waals surface area contributed by atoms with E-state index in [4.69, 9.17) is 4.74 Å². The smallest absolute Gasteiger partial charge is 0.248 e. The van der Waals surface area contributed by atoms with E-state index in [1.807, 2.05) is 24.3 Å². The van der Waals surface area contributed by atoms with E-state index >= 15 is 0 Å². The number of nitrogens with zero attached hydrogens (tertiary/aromatic N) is 2. The average Bonchev–Trinajstić information content (AvgIpc) is 4.07. The van der Waals surface area contributed by atoms with Gasteiger partial charge in [-0.3, -0.25) is 28.8 Å². The van der Waals surface area contributed by atoms with E-state index in [1.54, 1.807) is 68.9 Å². The van der Waals surface area contributed by atoms with Crippen LogP contribution in [0.1, 0.15) is 130 Å². The maximum Gasteiger partial charge on any atom is 0.248 e. The second kappa shape index (κ2) is 23.4. The van der Waals surface area contributed by atoms with Crippen LogP contribution in [0.4, 0.5) is 0 Å². The summed E-state index contributed by atoms with van der Waals surface area (Å²) in [6.45, 7) is 5.94. The molecule has 3 aromatic rings. The first-order valence-corrected chi connectivity index (χ1v) is 24.6. The minimum absolute atomic E-state index is 0.0279. The van der Waals surface area contributed by atoms with Crippen LogP contribution in [-0.4, -0.2) is 115 Å². The number of benzene rings is 3. The lowest BCUT2D eigenvalue weighted by Crippen LogP contribution is -2.59. The van der Waals surface area contributed by atoms with Crippen LogP contribution in [-0.2, 0) is 46.3 Å². The van der Waals surface area contributed by atoms with Crippen molar-refractivity contribution in [1.29, 1.82) is 0 Å². The topological polar surface area (TPSA) is 178 Å². The molecule has 68 heavy (non-hydrogen) atoms. The molecule has 2 aliphatic carbocycles. The largest absolute Gasteiger partial charge is 0.363 e. The number of carbonyl (C=O) groups is 6. The molecule has 14 heteroatoms. The Kier molecular flexibility index (Phi) is 17.2. The van der Waals surface area contributed by atoms with Gasteiger partial charge in [-0.05, 0) is 139 Å². The van der Waals surface area contributed by atoms with Gasteiger partial charge in [0.25, 0.3) is 0 Å². The van der Waals surface area contributed by atoms with Crippen LogP contribution in [0.2, 0.25) is 0 Å². The van der Waals surface area contributed by atoms with Crippen molar-refractivity contribution in [2.75, 3.05) is 33.8 Å². The van der Waals surface area contributed by atoms with Gasteiger partial charge in [0, 0.05) is 25.1 Å². The molecule has 2 aliphatic heterocycles. The Labute approximate surface area is 401 Å². The molecule has 362 valence electrons. The third-order valence-corrected chi connectivity index (χ3v) is 14.5. The fourth-order valence-corrected chi connectivity index (χ4v) is 10.2. The first-order chi connectivity index (χ1) is 32.9. The standard InChI is InChI=1S/C54H69N7O7/c1-34(55-4)48(62)33-43(53(66)60-30-12-24-46(60)51(64)57-44-22-10-18-38-16-6-8-20-41(38)44)40-28-26-37(27-29-40)15-14-32-68-36(3)49(59-50(63)35(2)56-5)54(67)61-31-13-25-47(61)52(65)58-45-23-11-19-39-17-7-9-21-42(39)45/h6-9,16-17,20-21,26-29,34-36,43-47,49,55-56H,10-13,18-19,22-25,30-33H2,1-5H3,(H,57,64)(H,58,65)(H,59,63)/t34-,35-,36?,43-,44+,45+,46-,47-,49-/m0/s1. The molecular weight excluding hydrogens is 859 g/mol. The van der Waals surface area contributed by atoms with Crippen molar-refractivity contribution in [3.63, 3.8) is 0 Å². The number of hydrogen-bond acceptors (Lipinski definition) is 9. The Balaban J connectivity index is 1.00. The van der Waals surface area contributed by atoms with E-state index in [2.05, 4.69) is 62.7 Å². The number of carbonyl (C=O) groups excluding carboxylic acids is 6. The maximum atomic E-state index is 14.5. The van der Waals surface area contributed by atoms with Crippen LogP contribution in [0.15, 0.2) is 72.8 Å². The fourth-order valence-electron chi connectivity index (χ4n) is 10.2. The number of amides is 5. The van der Waals surface area contributed by atoms with Gasteiger partial charge in [-0.15, -0.1) is 0 Å². The molecule has 14 nitrogen and oxygen atoms in total. The van der Waals surface area contributed by atoms with Crippen LogP contribution in [0.3, 0.4) is 0 Å². The highest BCUT2D eigenvalue weighted by Crippen LogP contribution is 2.33. The summed E-state index contributed by atoms with van der Waals surface area (Å²) in [5.74, 6) is 3.84. The van der Waals surface area contributed by atoms with Crippen molar-refractivity contribution in [1.82, 2.24) is 36.4 Å². The molecule has 5 amide bonds. The lowest BCUT2D eigenvalue weighted by Gasteiger charge is -2.33. The highest BCUT2D eigenvalue weighted by Gasteiger charge is 2.42. The highest BCUT2D eigenvalue weighted by atomic mass is 16.5. The van der Waals surface area contributed by atoms with Crippen molar-refractivity contribution in [3.8, 4) is 11.8 Å². The van der Waals surface area contributed by atoms with Crippen molar-refractivity contribution in [3.05, 3.63) is 106 Å². The Morgan fingerprint density at radius 1 is 0.662 bits per heavy atom. The molecule has 2 saturated heterocycles. The summed E-state index contributed by atoms with van der Waals surface area (Å²) >= 11 is 0. The summed E-state index contributed by atoms with van der Waals surface area (Å²) in [5, 5.41) is 15.3. The number of nitrogens with one attached hydrogen (secondary N) is 5. The molecule has 0 aromatic heterocycles. The number of fused-ring (bicyclic) bond motifs is 2. The summed E-state index contributed by atoms with van der Waals surface area (Å²) in [4.78, 5) is 86.3. The third kappa shape index (κ3) is 11.9. The van der Waals surface area contributed by atoms with Gasteiger partial charge >= 0.3 is 0 Å². The number of aryl methyl sites for hydroxylation is 2. The van der Waals surface area contributed by atoms with Crippen molar-refractivity contribution in [2.24, 2.45) is 0 Å². The Morgan fingerprint density at radius 3 is 1.74 bits per heavy atom. The predicted molar refractivity (Wildman–Crippen MR) is 260 cm³/mol. The number of ketones is 1. The van der Waals surface area contributed by atoms with Gasteiger partial charge in [-0.25, -0.2) is 0 Å². The number of ether oxygens (including phenoxy) is 1. The van der Waals surface area contributed by atoms with Crippen LogP contribution in [0.5, 0.6) is 0 Å². The zero-order valence-electron chi connectivity index (χ0n) is 40.3. The molecular formula is C54H69N7O7. The molecule has 0 radical (unpaired) electrons. The quantitative estimate of drug-likeness (QED) is 0.122. The van der Waals surface area contributed by atoms with Gasteiger partial charge in [0.2, 0.25) is 29.5 Å². The molecule has 1 unspecified atom stereocenters. The van der Waals surface area contributed by atoms with E-state index in [9.17, 15) is 28.8 Å². The fraction of sp³-hybridized carbons (Fsp3) is 0.519. The molecule has 7 rings (SSSR count). The molecule has 3 aromatic carbocycles. The van der Waals surface area contributed by atoms with E-state index < -0.39 is 42.2 Å². The zero-order valence-corrected chi connectivity index (χ0v) is 40.3. The molecule has 0 bridgehead atoms.